The predicted octanol–water partition coefficient (Wildman–Crippen LogP) is 1.71. The number of fused-ring (bicyclic) bond motifs is 2. The molecule has 3 heterocycles. The van der Waals surface area contributed by atoms with Crippen molar-refractivity contribution in [2.24, 2.45) is 5.73 Å². The lowest BCUT2D eigenvalue weighted by molar-refractivity contribution is -0.119. The summed E-state index contributed by atoms with van der Waals surface area (Å²) in [5, 5.41) is 0. The third-order valence-corrected chi connectivity index (χ3v) is 7.37. The van der Waals surface area contributed by atoms with Crippen LogP contribution in [0.2, 0.25) is 0 Å². The van der Waals surface area contributed by atoms with Gasteiger partial charge >= 0.3 is 0 Å². The summed E-state index contributed by atoms with van der Waals surface area (Å²) in [6, 6.07) is 9.57. The Morgan fingerprint density at radius 3 is 2.24 bits per heavy atom. The molecule has 0 radical (unpaired) electrons. The summed E-state index contributed by atoms with van der Waals surface area (Å²) in [6.45, 7) is -0.249. The SMILES string of the molecule is NC(=O)COc1ccc(S(=O)(=O)N2C3CCC2CC(Oc2ccncc2)C3)cc1. The van der Waals surface area contributed by atoms with E-state index in [0.29, 0.717) is 18.6 Å². The number of benzene rings is 1. The van der Waals surface area contributed by atoms with Crippen molar-refractivity contribution in [1.29, 1.82) is 0 Å². The van der Waals surface area contributed by atoms with E-state index >= 15 is 0 Å². The molecule has 1 aromatic heterocycles. The lowest BCUT2D eigenvalue weighted by Gasteiger charge is -2.37. The Morgan fingerprint density at radius 2 is 1.66 bits per heavy atom. The predicted molar refractivity (Wildman–Crippen MR) is 105 cm³/mol. The van der Waals surface area contributed by atoms with Gasteiger partial charge in [-0.2, -0.15) is 4.31 Å². The third kappa shape index (κ3) is 4.20. The first-order valence-corrected chi connectivity index (χ1v) is 11.0. The fourth-order valence-electron chi connectivity index (χ4n) is 4.17. The van der Waals surface area contributed by atoms with E-state index < -0.39 is 15.9 Å². The molecule has 0 saturated carbocycles. The minimum atomic E-state index is -3.62. The van der Waals surface area contributed by atoms with Crippen molar-refractivity contribution in [3.63, 3.8) is 0 Å². The molecule has 4 rings (SSSR count). The van der Waals surface area contributed by atoms with Crippen molar-refractivity contribution in [2.75, 3.05) is 6.61 Å². The molecule has 154 valence electrons. The average molecular weight is 417 g/mol. The number of nitrogens with zero attached hydrogens (tertiary/aromatic N) is 2. The Morgan fingerprint density at radius 1 is 1.03 bits per heavy atom. The van der Waals surface area contributed by atoms with Gasteiger partial charge in [0.25, 0.3) is 5.91 Å². The van der Waals surface area contributed by atoms with Crippen LogP contribution in [0.3, 0.4) is 0 Å². The van der Waals surface area contributed by atoms with Crippen LogP contribution in [0, 0.1) is 0 Å². The fourth-order valence-corrected chi connectivity index (χ4v) is 6.06. The fraction of sp³-hybridized carbons (Fsp3) is 0.400. The van der Waals surface area contributed by atoms with Gasteiger partial charge in [0.2, 0.25) is 10.0 Å². The highest BCUT2D eigenvalue weighted by atomic mass is 32.2. The van der Waals surface area contributed by atoms with Gasteiger partial charge in [0, 0.05) is 37.3 Å². The number of rotatable bonds is 7. The van der Waals surface area contributed by atoms with Crippen LogP contribution in [0.5, 0.6) is 11.5 Å². The number of aromatic nitrogens is 1. The van der Waals surface area contributed by atoms with E-state index in [9.17, 15) is 13.2 Å². The minimum absolute atomic E-state index is 0.00840. The Kier molecular flexibility index (Phi) is 5.42. The second-order valence-corrected chi connectivity index (χ2v) is 9.18. The molecule has 8 nitrogen and oxygen atoms in total. The molecular formula is C20H23N3O5S. The molecular weight excluding hydrogens is 394 g/mol. The molecule has 2 atom stereocenters. The number of carbonyl (C=O) groups is 1. The number of ether oxygens (including phenoxy) is 2. The molecule has 2 aliphatic heterocycles. The summed E-state index contributed by atoms with van der Waals surface area (Å²) in [6.07, 6.45) is 6.35. The van der Waals surface area contributed by atoms with Crippen molar-refractivity contribution < 1.29 is 22.7 Å². The minimum Gasteiger partial charge on any atom is -0.490 e. The van der Waals surface area contributed by atoms with Crippen LogP contribution in [0.4, 0.5) is 0 Å². The number of hydrogen-bond acceptors (Lipinski definition) is 6. The Hall–Kier alpha value is -2.65. The van der Waals surface area contributed by atoms with Crippen LogP contribution >= 0.6 is 0 Å². The smallest absolute Gasteiger partial charge is 0.255 e. The topological polar surface area (TPSA) is 112 Å². The number of sulfonamides is 1. The highest BCUT2D eigenvalue weighted by molar-refractivity contribution is 7.89. The van der Waals surface area contributed by atoms with E-state index in [0.717, 1.165) is 18.6 Å². The molecule has 2 fully saturated rings. The number of piperidine rings is 1. The summed E-state index contributed by atoms with van der Waals surface area (Å²) < 4.78 is 39.4. The molecule has 1 amide bonds. The van der Waals surface area contributed by atoms with E-state index in [1.165, 1.54) is 24.3 Å². The summed E-state index contributed by atoms with van der Waals surface area (Å²) in [5.74, 6) is 0.567. The first-order valence-electron chi connectivity index (χ1n) is 9.55. The largest absolute Gasteiger partial charge is 0.490 e. The maximum Gasteiger partial charge on any atom is 0.255 e. The van der Waals surface area contributed by atoms with Crippen molar-refractivity contribution in [3.05, 3.63) is 48.8 Å². The summed E-state index contributed by atoms with van der Waals surface area (Å²) in [7, 11) is -3.62. The zero-order valence-electron chi connectivity index (χ0n) is 15.8. The Labute approximate surface area is 169 Å². The lowest BCUT2D eigenvalue weighted by atomic mass is 10.0. The van der Waals surface area contributed by atoms with Crippen molar-refractivity contribution in [2.45, 2.75) is 48.8 Å². The molecule has 29 heavy (non-hydrogen) atoms. The van der Waals surface area contributed by atoms with Crippen molar-refractivity contribution >= 4 is 15.9 Å². The van der Waals surface area contributed by atoms with E-state index in [2.05, 4.69) is 4.98 Å². The van der Waals surface area contributed by atoms with E-state index in [1.54, 1.807) is 16.7 Å². The van der Waals surface area contributed by atoms with Gasteiger partial charge in [0.05, 0.1) is 4.90 Å². The number of pyridine rings is 1. The Bertz CT molecular complexity index is 951. The van der Waals surface area contributed by atoms with Gasteiger partial charge in [-0.05, 0) is 49.2 Å². The van der Waals surface area contributed by atoms with Crippen molar-refractivity contribution in [1.82, 2.24) is 9.29 Å². The molecule has 2 bridgehead atoms. The summed E-state index contributed by atoms with van der Waals surface area (Å²) >= 11 is 0. The highest BCUT2D eigenvalue weighted by Crippen LogP contribution is 2.41. The van der Waals surface area contributed by atoms with Gasteiger partial charge in [-0.15, -0.1) is 0 Å². The normalized spacial score (nSPS) is 24.2. The molecule has 0 spiro atoms. The molecule has 9 heteroatoms. The number of carbonyl (C=O) groups excluding carboxylic acids is 1. The molecule has 2 saturated heterocycles. The number of amides is 1. The first kappa shape index (κ1) is 19.7. The Balaban J connectivity index is 1.46. The van der Waals surface area contributed by atoms with Gasteiger partial charge in [0.15, 0.2) is 6.61 Å². The second kappa shape index (κ2) is 8.00. The molecule has 0 aliphatic carbocycles. The standard InChI is InChI=1S/C20H23N3O5S/c21-20(24)13-27-16-3-5-19(6-4-16)29(25,26)23-14-1-2-15(23)12-18(11-14)28-17-7-9-22-10-8-17/h3-10,14-15,18H,1-2,11-13H2,(H2,21,24). The van der Waals surface area contributed by atoms with Crippen molar-refractivity contribution in [3.8, 4) is 11.5 Å². The van der Waals surface area contributed by atoms with Gasteiger partial charge in [-0.1, -0.05) is 0 Å². The maximum atomic E-state index is 13.3. The molecule has 2 aliphatic rings. The summed E-state index contributed by atoms with van der Waals surface area (Å²) in [4.78, 5) is 15.0. The van der Waals surface area contributed by atoms with Crippen LogP contribution in [-0.4, -0.2) is 48.4 Å². The highest BCUT2D eigenvalue weighted by Gasteiger charge is 2.47. The lowest BCUT2D eigenvalue weighted by Crippen LogP contribution is -2.49. The van der Waals surface area contributed by atoms with E-state index in [4.69, 9.17) is 15.2 Å². The number of hydrogen-bond donors (Lipinski definition) is 1. The van der Waals surface area contributed by atoms with Crippen LogP contribution in [0.25, 0.3) is 0 Å². The van der Waals surface area contributed by atoms with Gasteiger partial charge < -0.3 is 15.2 Å². The van der Waals surface area contributed by atoms with Crippen LogP contribution < -0.4 is 15.2 Å². The number of nitrogens with two attached hydrogens (primary N) is 1. The van der Waals surface area contributed by atoms with Crippen LogP contribution in [-0.2, 0) is 14.8 Å². The average Bonchev–Trinajstić information content (AvgIpc) is 3.00. The van der Waals surface area contributed by atoms with E-state index in [-0.39, 0.29) is 29.7 Å². The first-order chi connectivity index (χ1) is 13.9. The molecule has 2 aromatic rings. The third-order valence-electron chi connectivity index (χ3n) is 5.36. The van der Waals surface area contributed by atoms with Gasteiger partial charge in [-0.25, -0.2) is 8.42 Å². The van der Waals surface area contributed by atoms with Gasteiger partial charge in [0.1, 0.15) is 17.6 Å². The summed E-state index contributed by atoms with van der Waals surface area (Å²) in [5.41, 5.74) is 5.05. The quantitative estimate of drug-likeness (QED) is 0.734. The van der Waals surface area contributed by atoms with E-state index in [1.807, 2.05) is 12.1 Å². The van der Waals surface area contributed by atoms with Crippen LogP contribution in [0.1, 0.15) is 25.7 Å². The second-order valence-electron chi connectivity index (χ2n) is 7.34. The molecule has 2 N–H and O–H groups in total. The molecule has 1 aromatic carbocycles. The monoisotopic (exact) mass is 417 g/mol. The van der Waals surface area contributed by atoms with Crippen LogP contribution in [0.15, 0.2) is 53.7 Å². The molecule has 2 unspecified atom stereocenters. The zero-order chi connectivity index (χ0) is 20.4. The van der Waals surface area contributed by atoms with Gasteiger partial charge in [-0.3, -0.25) is 9.78 Å². The zero-order valence-corrected chi connectivity index (χ0v) is 16.6. The maximum absolute atomic E-state index is 13.3. The number of primary amides is 1.